The Morgan fingerprint density at radius 2 is 1.80 bits per heavy atom. The van der Waals surface area contributed by atoms with E-state index in [1.807, 2.05) is 44.2 Å². The summed E-state index contributed by atoms with van der Waals surface area (Å²) >= 11 is 0. The van der Waals surface area contributed by atoms with Gasteiger partial charge >= 0.3 is 5.97 Å². The van der Waals surface area contributed by atoms with Gasteiger partial charge in [0.05, 0.1) is 5.52 Å². The maximum Gasteiger partial charge on any atom is 0.329 e. The van der Waals surface area contributed by atoms with Gasteiger partial charge in [0.1, 0.15) is 6.04 Å². The van der Waals surface area contributed by atoms with E-state index in [9.17, 15) is 4.79 Å². The first-order valence-electron chi connectivity index (χ1n) is 5.91. The Kier molecular flexibility index (Phi) is 7.50. The van der Waals surface area contributed by atoms with E-state index in [-0.39, 0.29) is 36.6 Å². The smallest absolute Gasteiger partial charge is 0.329 e. The van der Waals surface area contributed by atoms with E-state index in [1.165, 1.54) is 0 Å². The van der Waals surface area contributed by atoms with Gasteiger partial charge in [0, 0.05) is 11.5 Å². The summed E-state index contributed by atoms with van der Waals surface area (Å²) in [5.74, 6) is -0.125. The van der Waals surface area contributed by atoms with E-state index in [2.05, 4.69) is 4.98 Å². The molecule has 1 heterocycles. The number of rotatable bonds is 3. The van der Waals surface area contributed by atoms with Gasteiger partial charge in [0.15, 0.2) is 0 Å². The Bertz CT molecular complexity index is 576. The second-order valence-corrected chi connectivity index (χ2v) is 4.53. The molecule has 6 heteroatoms. The molecule has 0 saturated heterocycles. The second kappa shape index (κ2) is 8.04. The largest absolute Gasteiger partial charge is 0.406 e. The van der Waals surface area contributed by atoms with Crippen LogP contribution in [-0.2, 0) is 4.79 Å². The van der Waals surface area contributed by atoms with E-state index in [1.54, 1.807) is 6.07 Å². The molecule has 2 rings (SSSR count). The molecule has 1 unspecified atom stereocenters. The number of para-hydroxylation sites is 1. The summed E-state index contributed by atoms with van der Waals surface area (Å²) in [6.45, 7) is 3.75. The number of halogens is 2. The van der Waals surface area contributed by atoms with Crippen molar-refractivity contribution in [1.82, 2.24) is 4.98 Å². The fraction of sp³-hybridized carbons (Fsp3) is 0.286. The first-order chi connectivity index (χ1) is 8.58. The summed E-state index contributed by atoms with van der Waals surface area (Å²) in [4.78, 5) is 16.0. The molecule has 0 radical (unpaired) electrons. The molecule has 0 aliphatic heterocycles. The number of benzene rings is 1. The maximum atomic E-state index is 11.7. The fourth-order valence-electron chi connectivity index (χ4n) is 1.55. The third kappa shape index (κ3) is 4.34. The Balaban J connectivity index is 0.00000180. The van der Waals surface area contributed by atoms with Crippen LogP contribution in [0.5, 0.6) is 5.88 Å². The molecule has 1 aromatic heterocycles. The van der Waals surface area contributed by atoms with Crippen LogP contribution in [0.2, 0.25) is 0 Å². The summed E-state index contributed by atoms with van der Waals surface area (Å²) < 4.78 is 5.17. The van der Waals surface area contributed by atoms with Crippen molar-refractivity contribution in [1.29, 1.82) is 0 Å². The first-order valence-corrected chi connectivity index (χ1v) is 5.91. The van der Waals surface area contributed by atoms with Crippen molar-refractivity contribution in [3.05, 3.63) is 36.4 Å². The lowest BCUT2D eigenvalue weighted by Gasteiger charge is -2.13. The highest BCUT2D eigenvalue weighted by molar-refractivity contribution is 5.85. The van der Waals surface area contributed by atoms with E-state index in [0.717, 1.165) is 10.9 Å². The molecule has 2 aromatic rings. The lowest BCUT2D eigenvalue weighted by molar-refractivity contribution is -0.137. The van der Waals surface area contributed by atoms with Crippen LogP contribution in [0.3, 0.4) is 0 Å². The highest BCUT2D eigenvalue weighted by atomic mass is 35.5. The van der Waals surface area contributed by atoms with E-state index in [4.69, 9.17) is 10.5 Å². The Labute approximate surface area is 130 Å². The summed E-state index contributed by atoms with van der Waals surface area (Å²) in [5, 5.41) is 1.01. The van der Waals surface area contributed by atoms with Gasteiger partial charge in [-0.25, -0.2) is 9.78 Å². The van der Waals surface area contributed by atoms with Crippen molar-refractivity contribution in [2.75, 3.05) is 0 Å². The maximum absolute atomic E-state index is 11.7. The van der Waals surface area contributed by atoms with E-state index >= 15 is 0 Å². The number of aromatic nitrogens is 1. The molecule has 4 nitrogen and oxygen atoms in total. The molecule has 1 atom stereocenters. The number of hydrogen-bond acceptors (Lipinski definition) is 4. The average Bonchev–Trinajstić information content (AvgIpc) is 2.37. The van der Waals surface area contributed by atoms with Crippen LogP contribution < -0.4 is 10.5 Å². The van der Waals surface area contributed by atoms with Gasteiger partial charge in [-0.2, -0.15) is 0 Å². The molecule has 2 N–H and O–H groups in total. The molecule has 0 saturated carbocycles. The van der Waals surface area contributed by atoms with E-state index in [0.29, 0.717) is 0 Å². The summed E-state index contributed by atoms with van der Waals surface area (Å²) in [5.41, 5.74) is 6.51. The predicted octanol–water partition coefficient (Wildman–Crippen LogP) is 2.97. The van der Waals surface area contributed by atoms with Crippen molar-refractivity contribution < 1.29 is 9.53 Å². The van der Waals surface area contributed by atoms with Crippen LogP contribution in [0.25, 0.3) is 10.9 Å². The van der Waals surface area contributed by atoms with Gasteiger partial charge in [0.25, 0.3) is 0 Å². The average molecular weight is 317 g/mol. The highest BCUT2D eigenvalue weighted by Gasteiger charge is 2.19. The topological polar surface area (TPSA) is 65.2 Å². The second-order valence-electron chi connectivity index (χ2n) is 4.53. The summed E-state index contributed by atoms with van der Waals surface area (Å²) in [6.07, 6.45) is 0. The molecule has 1 aromatic carbocycles. The number of pyridine rings is 1. The Morgan fingerprint density at radius 3 is 2.45 bits per heavy atom. The molecule has 0 spiro atoms. The van der Waals surface area contributed by atoms with Gasteiger partial charge < -0.3 is 10.5 Å². The summed E-state index contributed by atoms with van der Waals surface area (Å²) in [7, 11) is 0. The lowest BCUT2D eigenvalue weighted by Crippen LogP contribution is -2.38. The number of ether oxygens (including phenoxy) is 1. The third-order valence-corrected chi connectivity index (χ3v) is 2.77. The Hall–Kier alpha value is -1.36. The zero-order valence-electron chi connectivity index (χ0n) is 11.3. The van der Waals surface area contributed by atoms with Crippen LogP contribution in [0.4, 0.5) is 0 Å². The molecule has 0 amide bonds. The molecule has 110 valence electrons. The quantitative estimate of drug-likeness (QED) is 0.884. The van der Waals surface area contributed by atoms with Crippen LogP contribution in [0.1, 0.15) is 13.8 Å². The van der Waals surface area contributed by atoms with Crippen LogP contribution >= 0.6 is 24.8 Å². The van der Waals surface area contributed by atoms with Crippen molar-refractivity contribution in [2.45, 2.75) is 19.9 Å². The molecular formula is C14H18Cl2N2O2. The van der Waals surface area contributed by atoms with Crippen LogP contribution in [0, 0.1) is 5.92 Å². The number of carbonyl (C=O) groups excluding carboxylic acids is 1. The van der Waals surface area contributed by atoms with Crippen molar-refractivity contribution in [3.8, 4) is 5.88 Å². The van der Waals surface area contributed by atoms with Gasteiger partial charge in [0.2, 0.25) is 5.88 Å². The monoisotopic (exact) mass is 316 g/mol. The van der Waals surface area contributed by atoms with Crippen molar-refractivity contribution in [3.63, 3.8) is 0 Å². The van der Waals surface area contributed by atoms with Gasteiger partial charge in [-0.1, -0.05) is 32.0 Å². The standard InChI is InChI=1S/C14H16N2O2.2ClH/c1-9(2)13(15)14(17)18-12-8-7-10-5-3-4-6-11(10)16-12;;/h3-9,13H,15H2,1-2H3;2*1H. The van der Waals surface area contributed by atoms with E-state index < -0.39 is 12.0 Å². The van der Waals surface area contributed by atoms with Gasteiger partial charge in [-0.3, -0.25) is 0 Å². The number of carbonyl (C=O) groups is 1. The highest BCUT2D eigenvalue weighted by Crippen LogP contribution is 2.16. The minimum atomic E-state index is -0.627. The van der Waals surface area contributed by atoms with Crippen molar-refractivity contribution >= 4 is 41.7 Å². The number of esters is 1. The molecule has 0 aliphatic rings. The molecule has 0 aliphatic carbocycles. The molecule has 0 fully saturated rings. The molecular weight excluding hydrogens is 299 g/mol. The zero-order valence-corrected chi connectivity index (χ0v) is 12.9. The molecule has 0 bridgehead atoms. The zero-order chi connectivity index (χ0) is 13.1. The molecule has 20 heavy (non-hydrogen) atoms. The fourth-order valence-corrected chi connectivity index (χ4v) is 1.55. The first kappa shape index (κ1) is 18.6. The minimum Gasteiger partial charge on any atom is -0.406 e. The SMILES string of the molecule is CC(C)C(N)C(=O)Oc1ccc2ccccc2n1.Cl.Cl. The van der Waals surface area contributed by atoms with Gasteiger partial charge in [-0.15, -0.1) is 24.8 Å². The number of nitrogens with zero attached hydrogens (tertiary/aromatic N) is 1. The van der Waals surface area contributed by atoms with Gasteiger partial charge in [-0.05, 0) is 18.1 Å². The summed E-state index contributed by atoms with van der Waals surface area (Å²) in [6, 6.07) is 10.6. The number of fused-ring (bicyclic) bond motifs is 1. The van der Waals surface area contributed by atoms with Crippen LogP contribution in [-0.4, -0.2) is 17.0 Å². The number of hydrogen-bond donors (Lipinski definition) is 1. The third-order valence-electron chi connectivity index (χ3n) is 2.77. The minimum absolute atomic E-state index is 0. The number of nitrogens with two attached hydrogens (primary N) is 1. The van der Waals surface area contributed by atoms with Crippen LogP contribution in [0.15, 0.2) is 36.4 Å². The van der Waals surface area contributed by atoms with Crippen molar-refractivity contribution in [2.24, 2.45) is 11.7 Å². The Morgan fingerprint density at radius 1 is 1.15 bits per heavy atom. The normalized spacial score (nSPS) is 11.4. The lowest BCUT2D eigenvalue weighted by atomic mass is 10.1. The predicted molar refractivity (Wildman–Crippen MR) is 84.7 cm³/mol.